The largest absolute Gasteiger partial charge is 0.488 e. The molecule has 2 atom stereocenters. The molecule has 0 fully saturated rings. The fourth-order valence-electron chi connectivity index (χ4n) is 7.19. The molecule has 278 valence electrons. The van der Waals surface area contributed by atoms with Crippen molar-refractivity contribution >= 4 is 78.2 Å². The van der Waals surface area contributed by atoms with Crippen molar-refractivity contribution in [2.24, 2.45) is 0 Å². The van der Waals surface area contributed by atoms with Crippen LogP contribution in [-0.4, -0.2) is 37.4 Å². The van der Waals surface area contributed by atoms with Crippen LogP contribution in [0, 0.1) is 0 Å². The van der Waals surface area contributed by atoms with Gasteiger partial charge in [-0.15, -0.1) is 0 Å². The lowest BCUT2D eigenvalue weighted by molar-refractivity contribution is 0.0224. The summed E-state index contributed by atoms with van der Waals surface area (Å²) in [7, 11) is 0. The first-order valence-electron chi connectivity index (χ1n) is 18.3. The standard InChI is InChI=1S/C48H36Cl2O6/c1-29(55-47(51)31-13-5-3-6-14-31)27-53-45-37-19-11-9-17-35(37)43(41-25-33(49)21-23-39(41)45)44-36-18-10-12-20-38(36)46(40-24-22-34(50)26-42(40)44)54-28-30(2)56-48(52)32-15-7-4-8-16-32/h3-26,29-30H,27-28H2,1-2H3. The number of carbonyl (C=O) groups excluding carboxylic acids is 2. The van der Waals surface area contributed by atoms with Crippen molar-refractivity contribution in [1.82, 2.24) is 0 Å². The first-order chi connectivity index (χ1) is 27.3. The highest BCUT2D eigenvalue weighted by Gasteiger charge is 2.24. The SMILES string of the molecule is CC(COc1c2ccccc2c(-c2c3ccccc3c(OCC(C)OC(=O)c3ccccc3)c3ccc(Cl)cc23)c2cc(Cl)ccc12)OC(=O)c1ccccc1. The Bertz CT molecular complexity index is 2560. The molecule has 8 heteroatoms. The first kappa shape index (κ1) is 36.9. The zero-order valence-corrected chi connectivity index (χ0v) is 32.1. The average molecular weight is 780 g/mol. The molecule has 0 amide bonds. The summed E-state index contributed by atoms with van der Waals surface area (Å²) in [4.78, 5) is 25.7. The summed E-state index contributed by atoms with van der Waals surface area (Å²) in [5.74, 6) is 0.491. The van der Waals surface area contributed by atoms with Gasteiger partial charge in [-0.05, 0) is 107 Å². The maximum absolute atomic E-state index is 12.8. The van der Waals surface area contributed by atoms with Crippen molar-refractivity contribution in [3.8, 4) is 22.6 Å². The third-order valence-electron chi connectivity index (χ3n) is 9.68. The Morgan fingerprint density at radius 3 is 1.18 bits per heavy atom. The van der Waals surface area contributed by atoms with Gasteiger partial charge in [0.2, 0.25) is 0 Å². The Morgan fingerprint density at radius 2 is 0.786 bits per heavy atom. The predicted molar refractivity (Wildman–Crippen MR) is 226 cm³/mol. The van der Waals surface area contributed by atoms with Crippen molar-refractivity contribution in [3.63, 3.8) is 0 Å². The van der Waals surface area contributed by atoms with Gasteiger partial charge >= 0.3 is 11.9 Å². The molecule has 0 aliphatic carbocycles. The summed E-state index contributed by atoms with van der Waals surface area (Å²) in [6.07, 6.45) is -1.06. The van der Waals surface area contributed by atoms with Crippen LogP contribution in [0.2, 0.25) is 10.0 Å². The summed E-state index contributed by atoms with van der Waals surface area (Å²) >= 11 is 13.6. The highest BCUT2D eigenvalue weighted by molar-refractivity contribution is 6.34. The maximum Gasteiger partial charge on any atom is 0.338 e. The first-order valence-corrected chi connectivity index (χ1v) is 19.1. The van der Waals surface area contributed by atoms with Gasteiger partial charge in [0, 0.05) is 31.6 Å². The second-order valence-corrected chi connectivity index (χ2v) is 14.5. The number of ether oxygens (including phenoxy) is 4. The minimum Gasteiger partial charge on any atom is -0.488 e. The molecule has 8 rings (SSSR count). The molecule has 0 N–H and O–H groups in total. The minimum atomic E-state index is -0.532. The molecule has 0 aliphatic rings. The van der Waals surface area contributed by atoms with Gasteiger partial charge in [-0.1, -0.05) is 108 Å². The molecule has 56 heavy (non-hydrogen) atoms. The molecule has 0 heterocycles. The highest BCUT2D eigenvalue weighted by atomic mass is 35.5. The van der Waals surface area contributed by atoms with E-state index in [0.29, 0.717) is 32.7 Å². The number of rotatable bonds is 11. The van der Waals surface area contributed by atoms with Gasteiger partial charge in [0.05, 0.1) is 11.1 Å². The number of benzene rings is 8. The number of halogens is 2. The smallest absolute Gasteiger partial charge is 0.338 e. The van der Waals surface area contributed by atoms with Crippen LogP contribution in [0.3, 0.4) is 0 Å². The Kier molecular flexibility index (Phi) is 10.5. The van der Waals surface area contributed by atoms with Gasteiger partial charge in [0.25, 0.3) is 0 Å². The lowest BCUT2D eigenvalue weighted by Crippen LogP contribution is -2.22. The highest BCUT2D eigenvalue weighted by Crippen LogP contribution is 2.50. The summed E-state index contributed by atoms with van der Waals surface area (Å²) in [5, 5.41) is 8.21. The topological polar surface area (TPSA) is 71.1 Å². The second-order valence-electron chi connectivity index (χ2n) is 13.7. The van der Waals surface area contributed by atoms with Crippen LogP contribution in [0.15, 0.2) is 146 Å². The molecule has 8 aromatic carbocycles. The number of hydrogen-bond donors (Lipinski definition) is 0. The molecule has 2 unspecified atom stereocenters. The summed E-state index contributed by atoms with van der Waals surface area (Å²) in [6.45, 7) is 3.89. The fraction of sp³-hybridized carbons (Fsp3) is 0.125. The van der Waals surface area contributed by atoms with Crippen LogP contribution in [0.5, 0.6) is 11.5 Å². The lowest BCUT2D eigenvalue weighted by Gasteiger charge is -2.23. The van der Waals surface area contributed by atoms with E-state index >= 15 is 0 Å². The van der Waals surface area contributed by atoms with Crippen molar-refractivity contribution in [1.29, 1.82) is 0 Å². The summed E-state index contributed by atoms with van der Waals surface area (Å²) < 4.78 is 24.7. The van der Waals surface area contributed by atoms with E-state index in [1.54, 1.807) is 48.5 Å². The molecule has 0 aromatic heterocycles. The number of carbonyl (C=O) groups is 2. The van der Waals surface area contributed by atoms with Crippen molar-refractivity contribution in [2.45, 2.75) is 26.1 Å². The Labute approximate surface area is 334 Å². The van der Waals surface area contributed by atoms with Crippen LogP contribution in [0.1, 0.15) is 34.6 Å². The predicted octanol–water partition coefficient (Wildman–Crippen LogP) is 12.5. The van der Waals surface area contributed by atoms with E-state index in [9.17, 15) is 9.59 Å². The average Bonchev–Trinajstić information content (AvgIpc) is 3.22. The number of fused-ring (bicyclic) bond motifs is 4. The van der Waals surface area contributed by atoms with E-state index in [1.165, 1.54) is 0 Å². The summed E-state index contributed by atoms with van der Waals surface area (Å²) in [6, 6.07) is 45.6. The van der Waals surface area contributed by atoms with Crippen LogP contribution in [0.4, 0.5) is 0 Å². The molecule has 0 radical (unpaired) electrons. The van der Waals surface area contributed by atoms with Gasteiger partial charge in [0.15, 0.2) is 0 Å². The number of hydrogen-bond acceptors (Lipinski definition) is 6. The second kappa shape index (κ2) is 16.0. The molecule has 0 saturated carbocycles. The molecule has 0 bridgehead atoms. The van der Waals surface area contributed by atoms with Crippen LogP contribution in [-0.2, 0) is 9.47 Å². The van der Waals surface area contributed by atoms with E-state index in [1.807, 2.05) is 98.8 Å². The third kappa shape index (κ3) is 7.34. The van der Waals surface area contributed by atoms with E-state index in [4.69, 9.17) is 42.1 Å². The van der Waals surface area contributed by atoms with E-state index in [2.05, 4.69) is 12.1 Å². The van der Waals surface area contributed by atoms with Crippen molar-refractivity contribution in [2.75, 3.05) is 13.2 Å². The quantitative estimate of drug-likeness (QED) is 0.0962. The van der Waals surface area contributed by atoms with Crippen molar-refractivity contribution in [3.05, 3.63) is 167 Å². The lowest BCUT2D eigenvalue weighted by atomic mass is 9.85. The molecular formula is C48H36Cl2O6. The Balaban J connectivity index is 1.24. The third-order valence-corrected chi connectivity index (χ3v) is 10.2. The molecule has 0 saturated heterocycles. The van der Waals surface area contributed by atoms with Gasteiger partial charge in [-0.3, -0.25) is 0 Å². The minimum absolute atomic E-state index is 0.131. The molecule has 8 aromatic rings. The molecule has 6 nitrogen and oxygen atoms in total. The molecular weight excluding hydrogens is 743 g/mol. The Hall–Kier alpha value is -6.08. The molecule has 0 spiro atoms. The van der Waals surface area contributed by atoms with E-state index < -0.39 is 24.1 Å². The summed E-state index contributed by atoms with van der Waals surface area (Å²) in [5.41, 5.74) is 2.86. The van der Waals surface area contributed by atoms with Gasteiger partial charge in [-0.25, -0.2) is 9.59 Å². The normalized spacial score (nSPS) is 12.4. The van der Waals surface area contributed by atoms with Gasteiger partial charge in [0.1, 0.15) is 36.9 Å². The van der Waals surface area contributed by atoms with Gasteiger partial charge in [-0.2, -0.15) is 0 Å². The zero-order chi connectivity index (χ0) is 38.8. The van der Waals surface area contributed by atoms with E-state index in [-0.39, 0.29) is 13.2 Å². The van der Waals surface area contributed by atoms with Crippen LogP contribution in [0.25, 0.3) is 54.2 Å². The van der Waals surface area contributed by atoms with Gasteiger partial charge < -0.3 is 18.9 Å². The van der Waals surface area contributed by atoms with Crippen molar-refractivity contribution < 1.29 is 28.5 Å². The van der Waals surface area contributed by atoms with Crippen LogP contribution >= 0.6 is 23.2 Å². The Morgan fingerprint density at radius 1 is 0.446 bits per heavy atom. The fourth-order valence-corrected chi connectivity index (χ4v) is 7.53. The molecule has 0 aliphatic heterocycles. The maximum atomic E-state index is 12.8. The monoisotopic (exact) mass is 778 g/mol. The zero-order valence-electron chi connectivity index (χ0n) is 30.6. The number of esters is 2. The van der Waals surface area contributed by atoms with Crippen LogP contribution < -0.4 is 9.47 Å². The van der Waals surface area contributed by atoms with E-state index in [0.717, 1.165) is 54.2 Å².